The van der Waals surface area contributed by atoms with Crippen LogP contribution in [0.2, 0.25) is 0 Å². The van der Waals surface area contributed by atoms with Crippen molar-refractivity contribution >= 4 is 0 Å². The molecule has 0 bridgehead atoms. The number of aliphatic hydroxyl groups is 1. The molecule has 3 nitrogen and oxygen atoms in total. The number of benzene rings is 1. The van der Waals surface area contributed by atoms with Gasteiger partial charge in [0.25, 0.3) is 0 Å². The molecule has 0 aliphatic rings. The average molecular weight is 265 g/mol. The van der Waals surface area contributed by atoms with Crippen LogP contribution in [0, 0.1) is 11.6 Å². The van der Waals surface area contributed by atoms with Gasteiger partial charge in [0.15, 0.2) is 11.6 Å². The van der Waals surface area contributed by atoms with Crippen molar-refractivity contribution in [3.8, 4) is 11.5 Å². The number of aliphatic hydroxyl groups excluding tert-OH is 1. The van der Waals surface area contributed by atoms with Crippen molar-refractivity contribution in [1.29, 1.82) is 0 Å². The summed E-state index contributed by atoms with van der Waals surface area (Å²) in [5.74, 6) is -1.32. The largest absolute Gasteiger partial charge is 0.456 e. The Labute approximate surface area is 109 Å². The lowest BCUT2D eigenvalue weighted by Gasteiger charge is -2.09. The normalized spacial score (nSPS) is 12.2. The number of pyridine rings is 1. The SMILES string of the molecule is CCC(O)c1ccc(Oc2ccc(F)c(F)c2)cn1. The van der Waals surface area contributed by atoms with Crippen LogP contribution in [0.3, 0.4) is 0 Å². The van der Waals surface area contributed by atoms with Gasteiger partial charge in [0.2, 0.25) is 0 Å². The monoisotopic (exact) mass is 265 g/mol. The molecule has 0 aliphatic carbocycles. The molecule has 1 heterocycles. The highest BCUT2D eigenvalue weighted by atomic mass is 19.2. The van der Waals surface area contributed by atoms with Gasteiger partial charge in [0.05, 0.1) is 18.0 Å². The number of rotatable bonds is 4. The molecule has 1 atom stereocenters. The summed E-state index contributed by atoms with van der Waals surface area (Å²) in [5, 5.41) is 9.58. The third-order valence-corrected chi connectivity index (χ3v) is 2.61. The number of hydrogen-bond donors (Lipinski definition) is 1. The van der Waals surface area contributed by atoms with Crippen LogP contribution in [-0.4, -0.2) is 10.1 Å². The molecule has 1 aromatic heterocycles. The smallest absolute Gasteiger partial charge is 0.162 e. The first-order chi connectivity index (χ1) is 9.10. The van der Waals surface area contributed by atoms with Gasteiger partial charge in [0.1, 0.15) is 11.5 Å². The Balaban J connectivity index is 2.12. The summed E-state index contributed by atoms with van der Waals surface area (Å²) in [5.41, 5.74) is 0.542. The van der Waals surface area contributed by atoms with Gasteiger partial charge in [-0.05, 0) is 30.7 Å². The van der Waals surface area contributed by atoms with Gasteiger partial charge in [-0.15, -0.1) is 0 Å². The maximum atomic E-state index is 13.0. The average Bonchev–Trinajstić information content (AvgIpc) is 2.43. The summed E-state index contributed by atoms with van der Waals surface area (Å²) in [6.45, 7) is 1.85. The Bertz CT molecular complexity index is 558. The van der Waals surface area contributed by atoms with Gasteiger partial charge < -0.3 is 9.84 Å². The zero-order chi connectivity index (χ0) is 13.8. The minimum atomic E-state index is -0.969. The molecule has 0 aliphatic heterocycles. The van der Waals surface area contributed by atoms with E-state index in [1.165, 1.54) is 12.3 Å². The minimum Gasteiger partial charge on any atom is -0.456 e. The van der Waals surface area contributed by atoms with E-state index in [1.54, 1.807) is 12.1 Å². The Kier molecular flexibility index (Phi) is 4.06. The maximum absolute atomic E-state index is 13.0. The summed E-state index contributed by atoms with van der Waals surface area (Å²) in [4.78, 5) is 4.04. The number of aromatic nitrogens is 1. The lowest BCUT2D eigenvalue weighted by atomic mass is 10.2. The van der Waals surface area contributed by atoms with Crippen molar-refractivity contribution in [2.45, 2.75) is 19.4 Å². The van der Waals surface area contributed by atoms with E-state index in [1.807, 2.05) is 6.92 Å². The molecule has 5 heteroatoms. The predicted octanol–water partition coefficient (Wildman–Crippen LogP) is 3.60. The van der Waals surface area contributed by atoms with Crippen LogP contribution in [0.5, 0.6) is 11.5 Å². The molecular formula is C14H13F2NO2. The van der Waals surface area contributed by atoms with E-state index < -0.39 is 17.7 Å². The second-order valence-electron chi connectivity index (χ2n) is 4.02. The highest BCUT2D eigenvalue weighted by Gasteiger charge is 2.07. The standard InChI is InChI=1S/C14H13F2NO2/c1-2-14(18)13-6-4-10(8-17-13)19-9-3-5-11(15)12(16)7-9/h3-8,14,18H,2H2,1H3. The molecule has 1 aromatic carbocycles. The third-order valence-electron chi connectivity index (χ3n) is 2.61. The van der Waals surface area contributed by atoms with Gasteiger partial charge in [-0.1, -0.05) is 6.92 Å². The molecule has 2 aromatic rings. The van der Waals surface area contributed by atoms with Gasteiger partial charge in [0, 0.05) is 6.07 Å². The van der Waals surface area contributed by atoms with Crippen molar-refractivity contribution in [1.82, 2.24) is 4.98 Å². The number of hydrogen-bond acceptors (Lipinski definition) is 3. The van der Waals surface area contributed by atoms with Gasteiger partial charge in [-0.25, -0.2) is 8.78 Å². The first-order valence-corrected chi connectivity index (χ1v) is 5.87. The molecule has 2 rings (SSSR count). The molecule has 19 heavy (non-hydrogen) atoms. The van der Waals surface area contributed by atoms with E-state index in [4.69, 9.17) is 4.74 Å². The summed E-state index contributed by atoms with van der Waals surface area (Å²) in [7, 11) is 0. The Morgan fingerprint density at radius 2 is 1.89 bits per heavy atom. The van der Waals surface area contributed by atoms with Crippen molar-refractivity contribution in [2.24, 2.45) is 0 Å². The zero-order valence-corrected chi connectivity index (χ0v) is 10.3. The quantitative estimate of drug-likeness (QED) is 0.918. The molecule has 0 saturated carbocycles. The predicted molar refractivity (Wildman–Crippen MR) is 65.9 cm³/mol. The fourth-order valence-corrected chi connectivity index (χ4v) is 1.53. The molecule has 0 saturated heterocycles. The van der Waals surface area contributed by atoms with Crippen LogP contribution in [0.4, 0.5) is 8.78 Å². The van der Waals surface area contributed by atoms with E-state index >= 15 is 0 Å². The summed E-state index contributed by atoms with van der Waals surface area (Å²) in [6.07, 6.45) is 1.38. The molecule has 1 N–H and O–H groups in total. The van der Waals surface area contributed by atoms with Crippen LogP contribution in [0.1, 0.15) is 25.1 Å². The molecule has 1 unspecified atom stereocenters. The van der Waals surface area contributed by atoms with E-state index in [-0.39, 0.29) is 5.75 Å². The van der Waals surface area contributed by atoms with Crippen molar-refractivity contribution in [2.75, 3.05) is 0 Å². The molecular weight excluding hydrogens is 252 g/mol. The first-order valence-electron chi connectivity index (χ1n) is 5.87. The third kappa shape index (κ3) is 3.26. The van der Waals surface area contributed by atoms with E-state index in [9.17, 15) is 13.9 Å². The van der Waals surface area contributed by atoms with E-state index in [0.717, 1.165) is 12.1 Å². The lowest BCUT2D eigenvalue weighted by Crippen LogP contribution is -1.98. The number of halogens is 2. The molecule has 0 amide bonds. The fraction of sp³-hybridized carbons (Fsp3) is 0.214. The Hall–Kier alpha value is -2.01. The summed E-state index contributed by atoms with van der Waals surface area (Å²) < 4.78 is 31.1. The van der Waals surface area contributed by atoms with E-state index in [2.05, 4.69) is 4.98 Å². The second-order valence-corrected chi connectivity index (χ2v) is 4.02. The Morgan fingerprint density at radius 3 is 2.47 bits per heavy atom. The molecule has 0 fully saturated rings. The van der Waals surface area contributed by atoms with Crippen LogP contribution < -0.4 is 4.74 Å². The molecule has 100 valence electrons. The highest BCUT2D eigenvalue weighted by molar-refractivity contribution is 5.30. The van der Waals surface area contributed by atoms with E-state index in [0.29, 0.717) is 17.9 Å². The molecule has 0 radical (unpaired) electrons. The molecule has 0 spiro atoms. The maximum Gasteiger partial charge on any atom is 0.162 e. The summed E-state index contributed by atoms with van der Waals surface area (Å²) in [6, 6.07) is 6.52. The zero-order valence-electron chi connectivity index (χ0n) is 10.3. The fourth-order valence-electron chi connectivity index (χ4n) is 1.53. The van der Waals surface area contributed by atoms with Gasteiger partial charge in [-0.3, -0.25) is 4.98 Å². The van der Waals surface area contributed by atoms with Crippen LogP contribution >= 0.6 is 0 Å². The summed E-state index contributed by atoms with van der Waals surface area (Å²) >= 11 is 0. The number of ether oxygens (including phenoxy) is 1. The second kappa shape index (κ2) is 5.75. The number of nitrogens with zero attached hydrogens (tertiary/aromatic N) is 1. The topological polar surface area (TPSA) is 42.4 Å². The van der Waals surface area contributed by atoms with Gasteiger partial charge >= 0.3 is 0 Å². The minimum absolute atomic E-state index is 0.185. The first kappa shape index (κ1) is 13.4. The van der Waals surface area contributed by atoms with Crippen molar-refractivity contribution < 1.29 is 18.6 Å². The lowest BCUT2D eigenvalue weighted by molar-refractivity contribution is 0.169. The van der Waals surface area contributed by atoms with Crippen LogP contribution in [-0.2, 0) is 0 Å². The van der Waals surface area contributed by atoms with Gasteiger partial charge in [-0.2, -0.15) is 0 Å². The van der Waals surface area contributed by atoms with Crippen LogP contribution in [0.15, 0.2) is 36.5 Å². The Morgan fingerprint density at radius 1 is 1.16 bits per heavy atom. The van der Waals surface area contributed by atoms with Crippen molar-refractivity contribution in [3.63, 3.8) is 0 Å². The van der Waals surface area contributed by atoms with Crippen LogP contribution in [0.25, 0.3) is 0 Å². The highest BCUT2D eigenvalue weighted by Crippen LogP contribution is 2.23. The van der Waals surface area contributed by atoms with Crippen molar-refractivity contribution in [3.05, 3.63) is 53.9 Å².